The molecule has 0 radical (unpaired) electrons. The number of para-hydroxylation sites is 1. The number of ether oxygens (including phenoxy) is 1. The van der Waals surface area contributed by atoms with E-state index in [2.05, 4.69) is 16.6 Å². The molecule has 0 spiro atoms. The molecule has 3 nitrogen and oxygen atoms in total. The topological polar surface area (TPSA) is 38.3 Å². The van der Waals surface area contributed by atoms with E-state index >= 15 is 0 Å². The predicted octanol–water partition coefficient (Wildman–Crippen LogP) is 1.79. The number of rotatable bonds is 4. The minimum Gasteiger partial charge on any atom is -0.434 e. The second kappa shape index (κ2) is 4.98. The van der Waals surface area contributed by atoms with Gasteiger partial charge in [0.25, 0.3) is 0 Å². The Bertz CT molecular complexity index is 282. The van der Waals surface area contributed by atoms with Crippen molar-refractivity contribution in [2.45, 2.75) is 0 Å². The van der Waals surface area contributed by atoms with Gasteiger partial charge >= 0.3 is 5.97 Å². The van der Waals surface area contributed by atoms with Crippen molar-refractivity contribution in [1.82, 2.24) is 0 Å². The van der Waals surface area contributed by atoms with Crippen LogP contribution in [-0.2, 0) is 9.53 Å². The third-order valence-corrected chi connectivity index (χ3v) is 1.43. The van der Waals surface area contributed by atoms with Crippen molar-refractivity contribution in [2.24, 2.45) is 0 Å². The van der Waals surface area contributed by atoms with E-state index in [1.807, 2.05) is 30.3 Å². The van der Waals surface area contributed by atoms with E-state index in [-0.39, 0.29) is 12.5 Å². The second-order valence-electron chi connectivity index (χ2n) is 2.38. The van der Waals surface area contributed by atoms with E-state index in [9.17, 15) is 4.79 Å². The van der Waals surface area contributed by atoms with Crippen LogP contribution in [0.1, 0.15) is 0 Å². The molecule has 0 aliphatic rings. The van der Waals surface area contributed by atoms with Gasteiger partial charge in [-0.1, -0.05) is 24.8 Å². The molecule has 0 saturated heterocycles. The zero-order valence-corrected chi connectivity index (χ0v) is 7.19. The van der Waals surface area contributed by atoms with Gasteiger partial charge in [-0.2, -0.15) is 0 Å². The van der Waals surface area contributed by atoms with Crippen LogP contribution in [0, 0.1) is 0 Å². The summed E-state index contributed by atoms with van der Waals surface area (Å²) in [7, 11) is 0. The molecular formula is C10H11NO2. The molecule has 0 saturated carbocycles. The summed E-state index contributed by atoms with van der Waals surface area (Å²) in [4.78, 5) is 10.9. The van der Waals surface area contributed by atoms with Crippen molar-refractivity contribution in [3.8, 4) is 0 Å². The van der Waals surface area contributed by atoms with Crippen LogP contribution in [0.25, 0.3) is 0 Å². The average molecular weight is 177 g/mol. The fourth-order valence-electron chi connectivity index (χ4n) is 0.865. The summed E-state index contributed by atoms with van der Waals surface area (Å²) in [5, 5.41) is 2.91. The molecule has 0 amide bonds. The van der Waals surface area contributed by atoms with Crippen molar-refractivity contribution in [3.63, 3.8) is 0 Å². The summed E-state index contributed by atoms with van der Waals surface area (Å²) >= 11 is 0. The van der Waals surface area contributed by atoms with Gasteiger partial charge in [0.2, 0.25) is 0 Å². The first kappa shape index (κ1) is 9.32. The molecule has 1 N–H and O–H groups in total. The Morgan fingerprint density at radius 3 is 2.77 bits per heavy atom. The van der Waals surface area contributed by atoms with Gasteiger partial charge in [-0.3, -0.25) is 0 Å². The van der Waals surface area contributed by atoms with Crippen LogP contribution in [0.4, 0.5) is 5.69 Å². The molecule has 0 aromatic heterocycles. The van der Waals surface area contributed by atoms with E-state index in [1.54, 1.807) is 0 Å². The molecule has 0 atom stereocenters. The number of esters is 1. The van der Waals surface area contributed by atoms with E-state index < -0.39 is 0 Å². The summed E-state index contributed by atoms with van der Waals surface area (Å²) < 4.78 is 4.53. The van der Waals surface area contributed by atoms with Gasteiger partial charge in [0.05, 0.1) is 6.26 Å². The van der Waals surface area contributed by atoms with Crippen LogP contribution in [-0.4, -0.2) is 12.5 Å². The average Bonchev–Trinajstić information content (AvgIpc) is 2.17. The normalized spacial score (nSPS) is 8.92. The number of benzene rings is 1. The molecule has 0 unspecified atom stereocenters. The SMILES string of the molecule is C=COC(=O)CNc1ccccc1. The van der Waals surface area contributed by atoms with Gasteiger partial charge in [-0.05, 0) is 12.1 Å². The predicted molar refractivity (Wildman–Crippen MR) is 51.2 cm³/mol. The maximum atomic E-state index is 10.9. The lowest BCUT2D eigenvalue weighted by molar-refractivity contribution is -0.135. The van der Waals surface area contributed by atoms with Crippen molar-refractivity contribution in [1.29, 1.82) is 0 Å². The summed E-state index contributed by atoms with van der Waals surface area (Å²) in [5.74, 6) is -0.348. The Kier molecular flexibility index (Phi) is 3.57. The van der Waals surface area contributed by atoms with Crippen molar-refractivity contribution >= 4 is 11.7 Å². The van der Waals surface area contributed by atoms with Gasteiger partial charge in [-0.15, -0.1) is 0 Å². The summed E-state index contributed by atoms with van der Waals surface area (Å²) in [6.07, 6.45) is 1.12. The molecule has 1 aromatic rings. The molecule has 0 aliphatic carbocycles. The van der Waals surface area contributed by atoms with Crippen LogP contribution in [0.3, 0.4) is 0 Å². The van der Waals surface area contributed by atoms with Crippen LogP contribution in [0.15, 0.2) is 43.2 Å². The minimum atomic E-state index is -0.348. The van der Waals surface area contributed by atoms with Crippen molar-refractivity contribution in [2.75, 3.05) is 11.9 Å². The standard InChI is InChI=1S/C10H11NO2/c1-2-13-10(12)8-11-9-6-4-3-5-7-9/h2-7,11H,1,8H2. The number of carbonyl (C=O) groups is 1. The van der Waals surface area contributed by atoms with E-state index in [0.29, 0.717) is 0 Å². The third kappa shape index (κ3) is 3.42. The molecule has 68 valence electrons. The second-order valence-corrected chi connectivity index (χ2v) is 2.38. The van der Waals surface area contributed by atoms with Crippen LogP contribution in [0.2, 0.25) is 0 Å². The van der Waals surface area contributed by atoms with Gasteiger partial charge in [0.1, 0.15) is 6.54 Å². The lowest BCUT2D eigenvalue weighted by atomic mass is 10.3. The Labute approximate surface area is 77.0 Å². The minimum absolute atomic E-state index is 0.149. The molecule has 0 aliphatic heterocycles. The molecular weight excluding hydrogens is 166 g/mol. The van der Waals surface area contributed by atoms with Gasteiger partial charge in [0, 0.05) is 5.69 Å². The third-order valence-electron chi connectivity index (χ3n) is 1.43. The van der Waals surface area contributed by atoms with Crippen LogP contribution < -0.4 is 5.32 Å². The highest BCUT2D eigenvalue weighted by molar-refractivity contribution is 5.75. The number of carbonyl (C=O) groups excluding carboxylic acids is 1. The quantitative estimate of drug-likeness (QED) is 0.562. The molecule has 1 rings (SSSR count). The number of anilines is 1. The first-order valence-corrected chi connectivity index (χ1v) is 3.92. The number of nitrogens with one attached hydrogen (secondary N) is 1. The molecule has 0 bridgehead atoms. The highest BCUT2D eigenvalue weighted by Gasteiger charge is 1.98. The Balaban J connectivity index is 2.35. The first-order valence-electron chi connectivity index (χ1n) is 3.92. The zero-order valence-electron chi connectivity index (χ0n) is 7.19. The molecule has 0 heterocycles. The van der Waals surface area contributed by atoms with Gasteiger partial charge < -0.3 is 10.1 Å². The Hall–Kier alpha value is -1.77. The van der Waals surface area contributed by atoms with Crippen LogP contribution in [0.5, 0.6) is 0 Å². The maximum absolute atomic E-state index is 10.9. The monoisotopic (exact) mass is 177 g/mol. The lowest BCUT2D eigenvalue weighted by Gasteiger charge is -2.03. The fraction of sp³-hybridized carbons (Fsp3) is 0.100. The maximum Gasteiger partial charge on any atom is 0.330 e. The van der Waals surface area contributed by atoms with Gasteiger partial charge in [-0.25, -0.2) is 4.79 Å². The van der Waals surface area contributed by atoms with Crippen molar-refractivity contribution in [3.05, 3.63) is 43.2 Å². The van der Waals surface area contributed by atoms with E-state index in [1.165, 1.54) is 0 Å². The Morgan fingerprint density at radius 1 is 1.46 bits per heavy atom. The van der Waals surface area contributed by atoms with E-state index in [4.69, 9.17) is 0 Å². The van der Waals surface area contributed by atoms with E-state index in [0.717, 1.165) is 11.9 Å². The lowest BCUT2D eigenvalue weighted by Crippen LogP contribution is -2.14. The highest BCUT2D eigenvalue weighted by atomic mass is 16.5. The summed E-state index contributed by atoms with van der Waals surface area (Å²) in [6.45, 7) is 3.43. The Morgan fingerprint density at radius 2 is 2.15 bits per heavy atom. The smallest absolute Gasteiger partial charge is 0.330 e. The summed E-state index contributed by atoms with van der Waals surface area (Å²) in [5.41, 5.74) is 0.892. The zero-order chi connectivity index (χ0) is 9.52. The van der Waals surface area contributed by atoms with Crippen molar-refractivity contribution < 1.29 is 9.53 Å². The summed E-state index contributed by atoms with van der Waals surface area (Å²) in [6, 6.07) is 9.44. The molecule has 3 heteroatoms. The fourth-order valence-corrected chi connectivity index (χ4v) is 0.865. The highest BCUT2D eigenvalue weighted by Crippen LogP contribution is 2.03. The molecule has 13 heavy (non-hydrogen) atoms. The van der Waals surface area contributed by atoms with Crippen LogP contribution >= 0.6 is 0 Å². The largest absolute Gasteiger partial charge is 0.434 e. The first-order chi connectivity index (χ1) is 6.33. The number of hydrogen-bond acceptors (Lipinski definition) is 3. The van der Waals surface area contributed by atoms with Gasteiger partial charge in [0.15, 0.2) is 0 Å². The molecule has 0 fully saturated rings. The number of hydrogen-bond donors (Lipinski definition) is 1. The molecule has 1 aromatic carbocycles.